The van der Waals surface area contributed by atoms with Crippen LogP contribution in [-0.4, -0.2) is 18.2 Å². The third-order valence-electron chi connectivity index (χ3n) is 1.98. The highest BCUT2D eigenvalue weighted by atomic mass is 19.1. The second-order valence-corrected chi connectivity index (χ2v) is 2.88. The molecule has 1 unspecified atom stereocenters. The molecule has 0 saturated carbocycles. The van der Waals surface area contributed by atoms with E-state index in [1.54, 1.807) is 0 Å². The SMILES string of the molecule is C=CC(O)c1cccc(C(=O)OC)c1F. The first-order valence-electron chi connectivity index (χ1n) is 4.29. The summed E-state index contributed by atoms with van der Waals surface area (Å²) in [5, 5.41) is 9.38. The standard InChI is InChI=1S/C11H11FO3/c1-3-9(13)7-5-4-6-8(10(7)12)11(14)15-2/h3-6,9,13H,1H2,2H3. The summed E-state index contributed by atoms with van der Waals surface area (Å²) in [4.78, 5) is 11.1. The fourth-order valence-electron chi connectivity index (χ4n) is 1.17. The molecule has 0 spiro atoms. The summed E-state index contributed by atoms with van der Waals surface area (Å²) in [6.07, 6.45) is 0.0500. The van der Waals surface area contributed by atoms with Crippen LogP contribution in [0.1, 0.15) is 22.0 Å². The molecule has 4 heteroatoms. The van der Waals surface area contributed by atoms with Crippen LogP contribution in [0.15, 0.2) is 30.9 Å². The van der Waals surface area contributed by atoms with Gasteiger partial charge in [0.25, 0.3) is 0 Å². The zero-order chi connectivity index (χ0) is 11.4. The van der Waals surface area contributed by atoms with Crippen molar-refractivity contribution in [3.63, 3.8) is 0 Å². The third kappa shape index (κ3) is 2.22. The first kappa shape index (κ1) is 11.4. The van der Waals surface area contributed by atoms with Crippen molar-refractivity contribution >= 4 is 5.97 Å². The van der Waals surface area contributed by atoms with Crippen LogP contribution in [0.2, 0.25) is 0 Å². The molecule has 0 amide bonds. The number of aliphatic hydroxyl groups is 1. The lowest BCUT2D eigenvalue weighted by molar-refractivity contribution is 0.0595. The molecule has 0 aliphatic heterocycles. The van der Waals surface area contributed by atoms with Gasteiger partial charge < -0.3 is 9.84 Å². The maximum atomic E-state index is 13.6. The van der Waals surface area contributed by atoms with Crippen LogP contribution in [-0.2, 0) is 4.74 Å². The van der Waals surface area contributed by atoms with E-state index in [-0.39, 0.29) is 11.1 Å². The van der Waals surface area contributed by atoms with Crippen molar-refractivity contribution in [1.29, 1.82) is 0 Å². The van der Waals surface area contributed by atoms with E-state index in [0.29, 0.717) is 0 Å². The Labute approximate surface area is 86.8 Å². The van der Waals surface area contributed by atoms with Crippen molar-refractivity contribution in [2.45, 2.75) is 6.10 Å². The first-order valence-corrected chi connectivity index (χ1v) is 4.29. The smallest absolute Gasteiger partial charge is 0.340 e. The molecule has 0 bridgehead atoms. The van der Waals surface area contributed by atoms with Crippen LogP contribution in [0.4, 0.5) is 4.39 Å². The molecule has 0 aliphatic carbocycles. The summed E-state index contributed by atoms with van der Waals surface area (Å²) in [6.45, 7) is 3.34. The fourth-order valence-corrected chi connectivity index (χ4v) is 1.17. The summed E-state index contributed by atoms with van der Waals surface area (Å²) in [5.74, 6) is -1.55. The molecule has 0 heterocycles. The number of hydrogen-bond donors (Lipinski definition) is 1. The van der Waals surface area contributed by atoms with Crippen LogP contribution in [0, 0.1) is 5.82 Å². The van der Waals surface area contributed by atoms with Crippen molar-refractivity contribution in [1.82, 2.24) is 0 Å². The number of hydrogen-bond acceptors (Lipinski definition) is 3. The maximum Gasteiger partial charge on any atom is 0.340 e. The van der Waals surface area contributed by atoms with Gasteiger partial charge in [-0.1, -0.05) is 18.2 Å². The lowest BCUT2D eigenvalue weighted by atomic mass is 10.0. The maximum absolute atomic E-state index is 13.6. The van der Waals surface area contributed by atoms with E-state index in [0.717, 1.165) is 0 Å². The molecule has 3 nitrogen and oxygen atoms in total. The largest absolute Gasteiger partial charge is 0.465 e. The Morgan fingerprint density at radius 1 is 1.67 bits per heavy atom. The van der Waals surface area contributed by atoms with Crippen LogP contribution < -0.4 is 0 Å². The predicted molar refractivity (Wildman–Crippen MR) is 52.9 cm³/mol. The minimum Gasteiger partial charge on any atom is -0.465 e. The normalized spacial score (nSPS) is 11.9. The Bertz CT molecular complexity index is 387. The third-order valence-corrected chi connectivity index (χ3v) is 1.98. The molecule has 0 saturated heterocycles. The number of carbonyl (C=O) groups is 1. The molecule has 80 valence electrons. The van der Waals surface area contributed by atoms with Gasteiger partial charge in [0.1, 0.15) is 5.82 Å². The molecule has 1 aromatic rings. The average molecular weight is 210 g/mol. The minimum absolute atomic E-state index is 0.00731. The zero-order valence-corrected chi connectivity index (χ0v) is 8.24. The molecule has 0 aromatic heterocycles. The number of esters is 1. The van der Waals surface area contributed by atoms with Crippen molar-refractivity contribution in [3.8, 4) is 0 Å². The van der Waals surface area contributed by atoms with Gasteiger partial charge in [0.15, 0.2) is 0 Å². The van der Waals surface area contributed by atoms with Crippen molar-refractivity contribution in [2.75, 3.05) is 7.11 Å². The number of carbonyl (C=O) groups excluding carboxylic acids is 1. The lowest BCUT2D eigenvalue weighted by Crippen LogP contribution is -2.08. The molecular formula is C11H11FO3. The molecule has 1 aromatic carbocycles. The topological polar surface area (TPSA) is 46.5 Å². The van der Waals surface area contributed by atoms with Crippen LogP contribution in [0.25, 0.3) is 0 Å². The summed E-state index contributed by atoms with van der Waals surface area (Å²) in [6, 6.07) is 4.14. The van der Waals surface area contributed by atoms with Gasteiger partial charge in [-0.25, -0.2) is 9.18 Å². The van der Waals surface area contributed by atoms with E-state index in [1.165, 1.54) is 31.4 Å². The second-order valence-electron chi connectivity index (χ2n) is 2.88. The Balaban J connectivity index is 3.22. The van der Waals surface area contributed by atoms with Crippen LogP contribution >= 0.6 is 0 Å². The first-order chi connectivity index (χ1) is 7.11. The van der Waals surface area contributed by atoms with Gasteiger partial charge >= 0.3 is 5.97 Å². The monoisotopic (exact) mass is 210 g/mol. The Morgan fingerprint density at radius 2 is 2.33 bits per heavy atom. The molecule has 1 N–H and O–H groups in total. The highest BCUT2D eigenvalue weighted by Gasteiger charge is 2.17. The van der Waals surface area contributed by atoms with Gasteiger partial charge in [0, 0.05) is 5.56 Å². The average Bonchev–Trinajstić information content (AvgIpc) is 2.27. The number of rotatable bonds is 3. The van der Waals surface area contributed by atoms with E-state index in [1.807, 2.05) is 0 Å². The molecule has 15 heavy (non-hydrogen) atoms. The van der Waals surface area contributed by atoms with Gasteiger partial charge in [-0.05, 0) is 6.07 Å². The molecule has 1 rings (SSSR count). The van der Waals surface area contributed by atoms with Crippen molar-refractivity contribution in [2.24, 2.45) is 0 Å². The molecule has 0 fully saturated rings. The summed E-state index contributed by atoms with van der Waals surface area (Å²) < 4.78 is 18.0. The summed E-state index contributed by atoms with van der Waals surface area (Å²) in [5.41, 5.74) is -0.191. The van der Waals surface area contributed by atoms with E-state index in [4.69, 9.17) is 0 Å². The highest BCUT2D eigenvalue weighted by molar-refractivity contribution is 5.89. The fraction of sp³-hybridized carbons (Fsp3) is 0.182. The van der Waals surface area contributed by atoms with Gasteiger partial charge in [0.2, 0.25) is 0 Å². The predicted octanol–water partition coefficient (Wildman–Crippen LogP) is 1.83. The second kappa shape index (κ2) is 4.70. The number of ether oxygens (including phenoxy) is 1. The molecule has 0 aliphatic rings. The number of benzene rings is 1. The van der Waals surface area contributed by atoms with Crippen LogP contribution in [0.3, 0.4) is 0 Å². The lowest BCUT2D eigenvalue weighted by Gasteiger charge is -2.09. The minimum atomic E-state index is -1.13. The summed E-state index contributed by atoms with van der Waals surface area (Å²) in [7, 11) is 1.17. The molecule has 1 atom stereocenters. The van der Waals surface area contributed by atoms with E-state index in [9.17, 15) is 14.3 Å². The number of methoxy groups -OCH3 is 1. The quantitative estimate of drug-likeness (QED) is 0.611. The zero-order valence-electron chi connectivity index (χ0n) is 8.24. The van der Waals surface area contributed by atoms with Gasteiger partial charge in [0.05, 0.1) is 18.8 Å². The van der Waals surface area contributed by atoms with Gasteiger partial charge in [-0.15, -0.1) is 6.58 Å². The van der Waals surface area contributed by atoms with Gasteiger partial charge in [-0.2, -0.15) is 0 Å². The Morgan fingerprint density at radius 3 is 2.87 bits per heavy atom. The molecule has 0 radical (unpaired) electrons. The van der Waals surface area contributed by atoms with E-state index in [2.05, 4.69) is 11.3 Å². The Kier molecular flexibility index (Phi) is 3.57. The number of halogens is 1. The van der Waals surface area contributed by atoms with E-state index >= 15 is 0 Å². The van der Waals surface area contributed by atoms with E-state index < -0.39 is 17.9 Å². The summed E-state index contributed by atoms with van der Waals surface area (Å²) >= 11 is 0. The Hall–Kier alpha value is -1.68. The highest BCUT2D eigenvalue weighted by Crippen LogP contribution is 2.21. The van der Waals surface area contributed by atoms with Gasteiger partial charge in [-0.3, -0.25) is 0 Å². The van der Waals surface area contributed by atoms with Crippen molar-refractivity contribution in [3.05, 3.63) is 47.8 Å². The molecular weight excluding hydrogens is 199 g/mol. The van der Waals surface area contributed by atoms with Crippen molar-refractivity contribution < 1.29 is 19.0 Å². The van der Waals surface area contributed by atoms with Crippen LogP contribution in [0.5, 0.6) is 0 Å². The number of aliphatic hydroxyl groups excluding tert-OH is 1.